The summed E-state index contributed by atoms with van der Waals surface area (Å²) in [5.41, 5.74) is 1.54. The third-order valence-electron chi connectivity index (χ3n) is 2.62. The summed E-state index contributed by atoms with van der Waals surface area (Å²) in [6.45, 7) is 0. The Morgan fingerprint density at radius 1 is 1.50 bits per heavy atom. The van der Waals surface area contributed by atoms with Gasteiger partial charge in [0.15, 0.2) is 5.65 Å². The van der Waals surface area contributed by atoms with Crippen molar-refractivity contribution in [3.8, 4) is 6.07 Å². The molecule has 2 heterocycles. The molecule has 0 aromatic carbocycles. The Morgan fingerprint density at radius 2 is 2.25 bits per heavy atom. The number of hydrogen-bond acceptors (Lipinski definition) is 6. The highest BCUT2D eigenvalue weighted by Crippen LogP contribution is 2.16. The average Bonchev–Trinajstić information content (AvgIpc) is 2.86. The van der Waals surface area contributed by atoms with Crippen LogP contribution < -0.4 is 0 Å². The molecule has 0 aliphatic heterocycles. The summed E-state index contributed by atoms with van der Waals surface area (Å²) in [6.07, 6.45) is 6.29. The van der Waals surface area contributed by atoms with E-state index in [1.165, 1.54) is 24.0 Å². The SMILES string of the molecule is COC(=O)c1cnc2c(C#N)cnn2c1/C=C/N(C)C. The van der Waals surface area contributed by atoms with Crippen LogP contribution in [0.1, 0.15) is 21.6 Å². The Bertz CT molecular complexity index is 724. The van der Waals surface area contributed by atoms with Crippen LogP contribution in [0, 0.1) is 11.3 Å². The molecule has 0 radical (unpaired) electrons. The van der Waals surface area contributed by atoms with Crippen molar-refractivity contribution in [3.63, 3.8) is 0 Å². The lowest BCUT2D eigenvalue weighted by molar-refractivity contribution is 0.0599. The predicted molar refractivity (Wildman–Crippen MR) is 71.8 cm³/mol. The summed E-state index contributed by atoms with van der Waals surface area (Å²) in [4.78, 5) is 17.7. The number of rotatable bonds is 3. The van der Waals surface area contributed by atoms with Crippen molar-refractivity contribution < 1.29 is 9.53 Å². The maximum atomic E-state index is 11.8. The molecule has 2 aromatic heterocycles. The van der Waals surface area contributed by atoms with E-state index in [2.05, 4.69) is 10.1 Å². The minimum atomic E-state index is -0.508. The molecule has 0 unspecified atom stereocenters. The second-order valence-corrected chi connectivity index (χ2v) is 4.23. The van der Waals surface area contributed by atoms with Crippen molar-refractivity contribution in [1.82, 2.24) is 19.5 Å². The molecule has 20 heavy (non-hydrogen) atoms. The van der Waals surface area contributed by atoms with E-state index in [9.17, 15) is 4.79 Å². The zero-order chi connectivity index (χ0) is 14.7. The Labute approximate surface area is 115 Å². The second-order valence-electron chi connectivity index (χ2n) is 4.23. The molecule has 7 nitrogen and oxygen atoms in total. The highest BCUT2D eigenvalue weighted by molar-refractivity contribution is 5.93. The standard InChI is InChI=1S/C13H13N5O2/c1-17(2)5-4-11-10(13(19)20-3)8-15-12-9(6-14)7-16-18(11)12/h4-5,7-8H,1-3H3/b5-4+. The second kappa shape index (κ2) is 5.40. The van der Waals surface area contributed by atoms with Crippen LogP contribution in [0.5, 0.6) is 0 Å². The minimum Gasteiger partial charge on any atom is -0.465 e. The summed E-state index contributed by atoms with van der Waals surface area (Å²) in [5, 5.41) is 13.1. The number of fused-ring (bicyclic) bond motifs is 1. The van der Waals surface area contributed by atoms with Gasteiger partial charge < -0.3 is 9.64 Å². The van der Waals surface area contributed by atoms with Crippen molar-refractivity contribution in [2.75, 3.05) is 21.2 Å². The lowest BCUT2D eigenvalue weighted by atomic mass is 10.2. The van der Waals surface area contributed by atoms with Gasteiger partial charge in [-0.25, -0.2) is 14.3 Å². The predicted octanol–water partition coefficient (Wildman–Crippen LogP) is 0.920. The smallest absolute Gasteiger partial charge is 0.341 e. The fraction of sp³-hybridized carbons (Fsp3) is 0.231. The zero-order valence-corrected chi connectivity index (χ0v) is 11.4. The third-order valence-corrected chi connectivity index (χ3v) is 2.62. The summed E-state index contributed by atoms with van der Waals surface area (Å²) in [7, 11) is 5.02. The molecular weight excluding hydrogens is 258 g/mol. The van der Waals surface area contributed by atoms with Crippen LogP contribution in [0.3, 0.4) is 0 Å². The van der Waals surface area contributed by atoms with Gasteiger partial charge in [-0.3, -0.25) is 0 Å². The Hall–Kier alpha value is -2.88. The summed E-state index contributed by atoms with van der Waals surface area (Å²) in [6, 6.07) is 2.01. The zero-order valence-electron chi connectivity index (χ0n) is 11.4. The Morgan fingerprint density at radius 3 is 2.85 bits per heavy atom. The van der Waals surface area contributed by atoms with E-state index in [-0.39, 0.29) is 5.56 Å². The van der Waals surface area contributed by atoms with Gasteiger partial charge in [-0.2, -0.15) is 10.4 Å². The molecule has 0 saturated carbocycles. The van der Waals surface area contributed by atoms with Crippen LogP contribution in [0.2, 0.25) is 0 Å². The molecule has 7 heteroatoms. The van der Waals surface area contributed by atoms with Crippen LogP contribution in [-0.4, -0.2) is 46.7 Å². The number of aromatic nitrogens is 3. The topological polar surface area (TPSA) is 83.5 Å². The van der Waals surface area contributed by atoms with Gasteiger partial charge in [0, 0.05) is 26.5 Å². The number of nitriles is 1. The Balaban J connectivity index is 2.72. The first-order chi connectivity index (χ1) is 9.58. The summed E-state index contributed by atoms with van der Waals surface area (Å²) < 4.78 is 6.18. The fourth-order valence-corrected chi connectivity index (χ4v) is 1.67. The number of carbonyl (C=O) groups is 1. The summed E-state index contributed by atoms with van der Waals surface area (Å²) in [5.74, 6) is -0.508. The van der Waals surface area contributed by atoms with E-state index >= 15 is 0 Å². The van der Waals surface area contributed by atoms with Gasteiger partial charge in [0.1, 0.15) is 17.2 Å². The lowest BCUT2D eigenvalue weighted by Gasteiger charge is -2.08. The number of carbonyl (C=O) groups excluding carboxylic acids is 1. The molecule has 0 N–H and O–H groups in total. The normalized spacial score (nSPS) is 10.7. The first-order valence-corrected chi connectivity index (χ1v) is 5.78. The first kappa shape index (κ1) is 13.5. The lowest BCUT2D eigenvalue weighted by Crippen LogP contribution is -2.10. The number of methoxy groups -OCH3 is 1. The van der Waals surface area contributed by atoms with Crippen LogP contribution in [0.15, 0.2) is 18.6 Å². The molecule has 0 fully saturated rings. The van der Waals surface area contributed by atoms with Crippen molar-refractivity contribution in [1.29, 1.82) is 5.26 Å². The monoisotopic (exact) mass is 271 g/mol. The van der Waals surface area contributed by atoms with E-state index in [0.29, 0.717) is 16.9 Å². The third kappa shape index (κ3) is 2.31. The van der Waals surface area contributed by atoms with Gasteiger partial charge in [0.2, 0.25) is 0 Å². The van der Waals surface area contributed by atoms with E-state index < -0.39 is 5.97 Å². The summed E-state index contributed by atoms with van der Waals surface area (Å²) >= 11 is 0. The number of esters is 1. The van der Waals surface area contributed by atoms with Crippen molar-refractivity contribution in [2.24, 2.45) is 0 Å². The Kier molecular flexibility index (Phi) is 3.66. The maximum Gasteiger partial charge on any atom is 0.341 e. The van der Waals surface area contributed by atoms with Crippen LogP contribution in [-0.2, 0) is 4.74 Å². The number of ether oxygens (including phenoxy) is 1. The molecule has 2 aromatic rings. The van der Waals surface area contributed by atoms with Gasteiger partial charge in [-0.15, -0.1) is 0 Å². The van der Waals surface area contributed by atoms with Crippen LogP contribution in [0.25, 0.3) is 11.7 Å². The molecule has 0 aliphatic rings. The van der Waals surface area contributed by atoms with Gasteiger partial charge in [-0.1, -0.05) is 0 Å². The van der Waals surface area contributed by atoms with E-state index in [1.807, 2.05) is 25.1 Å². The average molecular weight is 271 g/mol. The van der Waals surface area contributed by atoms with E-state index in [0.717, 1.165) is 0 Å². The number of hydrogen-bond donors (Lipinski definition) is 0. The molecule has 0 atom stereocenters. The first-order valence-electron chi connectivity index (χ1n) is 5.78. The van der Waals surface area contributed by atoms with Crippen molar-refractivity contribution >= 4 is 17.7 Å². The minimum absolute atomic E-state index is 0.283. The fourth-order valence-electron chi connectivity index (χ4n) is 1.67. The maximum absolute atomic E-state index is 11.8. The van der Waals surface area contributed by atoms with Crippen molar-refractivity contribution in [2.45, 2.75) is 0 Å². The molecule has 0 saturated heterocycles. The molecular formula is C13H13N5O2. The molecule has 102 valence electrons. The van der Waals surface area contributed by atoms with Crippen LogP contribution in [0.4, 0.5) is 0 Å². The largest absolute Gasteiger partial charge is 0.465 e. The van der Waals surface area contributed by atoms with Gasteiger partial charge in [0.05, 0.1) is 19.0 Å². The van der Waals surface area contributed by atoms with E-state index in [4.69, 9.17) is 10.00 Å². The molecule has 0 aliphatic carbocycles. The number of nitrogens with zero attached hydrogens (tertiary/aromatic N) is 5. The van der Waals surface area contributed by atoms with E-state index in [1.54, 1.807) is 12.3 Å². The quantitative estimate of drug-likeness (QED) is 0.772. The molecule has 2 rings (SSSR count). The molecule has 0 amide bonds. The van der Waals surface area contributed by atoms with Crippen molar-refractivity contribution in [3.05, 3.63) is 35.4 Å². The van der Waals surface area contributed by atoms with Gasteiger partial charge >= 0.3 is 5.97 Å². The van der Waals surface area contributed by atoms with Gasteiger partial charge in [0.25, 0.3) is 0 Å². The highest BCUT2D eigenvalue weighted by atomic mass is 16.5. The van der Waals surface area contributed by atoms with Gasteiger partial charge in [-0.05, 0) is 6.08 Å². The molecule has 0 spiro atoms. The molecule has 0 bridgehead atoms. The van der Waals surface area contributed by atoms with Crippen LogP contribution >= 0.6 is 0 Å². The highest BCUT2D eigenvalue weighted by Gasteiger charge is 2.17.